The zero-order chi connectivity index (χ0) is 9.31. The summed E-state index contributed by atoms with van der Waals surface area (Å²) in [6.45, 7) is 4.11. The maximum Gasteiger partial charge on any atom is 0.153 e. The minimum atomic E-state index is -2.65. The maximum atomic E-state index is 11.0. The molecular weight excluding hydrogens is 188 g/mol. The highest BCUT2D eigenvalue weighted by Crippen LogP contribution is 2.17. The van der Waals surface area contributed by atoms with Gasteiger partial charge in [-0.05, 0) is 19.5 Å². The number of nitrogens with one attached hydrogen (secondary N) is 1. The Morgan fingerprint density at radius 2 is 1.92 bits per heavy atom. The summed E-state index contributed by atoms with van der Waals surface area (Å²) < 4.78 is 22.0. The van der Waals surface area contributed by atoms with Gasteiger partial charge in [-0.1, -0.05) is 0 Å². The van der Waals surface area contributed by atoms with Crippen LogP contribution >= 0.6 is 0 Å². The minimum Gasteiger partial charge on any atom is -0.315 e. The molecule has 1 N–H and O–H groups in total. The number of hydrogen-bond acceptors (Lipinski definition) is 4. The van der Waals surface area contributed by atoms with E-state index in [2.05, 4.69) is 10.2 Å². The van der Waals surface area contributed by atoms with Crippen LogP contribution in [0.15, 0.2) is 0 Å². The Morgan fingerprint density at radius 1 is 1.15 bits per heavy atom. The Morgan fingerprint density at radius 3 is 2.62 bits per heavy atom. The average Bonchev–Trinajstić information content (AvgIpc) is 2.26. The lowest BCUT2D eigenvalue weighted by atomic mass is 10.3. The Balaban J connectivity index is 1.87. The van der Waals surface area contributed by atoms with Crippen molar-refractivity contribution in [3.8, 4) is 0 Å². The standard InChI is InChI=1S/C8H16N2O2S/c11-13(12)6-8(7-13)10-4-1-2-9-3-5-10/h8-9H,1-7H2. The van der Waals surface area contributed by atoms with Crippen LogP contribution < -0.4 is 5.32 Å². The maximum absolute atomic E-state index is 11.0. The fraction of sp³-hybridized carbons (Fsp3) is 1.00. The third-order valence-corrected chi connectivity index (χ3v) is 4.57. The molecule has 0 bridgehead atoms. The summed E-state index contributed by atoms with van der Waals surface area (Å²) in [4.78, 5) is 2.31. The summed E-state index contributed by atoms with van der Waals surface area (Å²) in [5.74, 6) is 0.764. The second-order valence-electron chi connectivity index (χ2n) is 3.87. The van der Waals surface area contributed by atoms with Crippen molar-refractivity contribution in [2.45, 2.75) is 12.5 Å². The molecule has 2 fully saturated rings. The molecular formula is C8H16N2O2S. The van der Waals surface area contributed by atoms with Crippen molar-refractivity contribution >= 4 is 9.84 Å². The predicted octanol–water partition coefficient (Wildman–Crippen LogP) is -0.921. The molecule has 2 heterocycles. The molecule has 5 heteroatoms. The van der Waals surface area contributed by atoms with E-state index in [1.165, 1.54) is 0 Å². The van der Waals surface area contributed by atoms with Gasteiger partial charge in [0.25, 0.3) is 0 Å². The second-order valence-corrected chi connectivity index (χ2v) is 6.02. The Hall–Kier alpha value is -0.130. The zero-order valence-electron chi connectivity index (χ0n) is 7.70. The van der Waals surface area contributed by atoms with E-state index in [0.29, 0.717) is 17.5 Å². The Bertz CT molecular complexity index is 256. The highest BCUT2D eigenvalue weighted by atomic mass is 32.2. The molecule has 4 nitrogen and oxygen atoms in total. The molecule has 2 saturated heterocycles. The molecule has 0 spiro atoms. The van der Waals surface area contributed by atoms with Gasteiger partial charge in [0.2, 0.25) is 0 Å². The van der Waals surface area contributed by atoms with Gasteiger partial charge in [0.05, 0.1) is 11.5 Å². The van der Waals surface area contributed by atoms with Crippen LogP contribution in [0.2, 0.25) is 0 Å². The number of nitrogens with zero attached hydrogens (tertiary/aromatic N) is 1. The first-order valence-corrected chi connectivity index (χ1v) is 6.65. The summed E-state index contributed by atoms with van der Waals surface area (Å²) in [7, 11) is -2.65. The lowest BCUT2D eigenvalue weighted by molar-refractivity contribution is 0.228. The average molecular weight is 204 g/mol. The van der Waals surface area contributed by atoms with Crippen LogP contribution in [-0.2, 0) is 9.84 Å². The Labute approximate surface area is 79.2 Å². The van der Waals surface area contributed by atoms with Crippen LogP contribution in [0.5, 0.6) is 0 Å². The van der Waals surface area contributed by atoms with Gasteiger partial charge in [0.1, 0.15) is 0 Å². The van der Waals surface area contributed by atoms with Crippen molar-refractivity contribution < 1.29 is 8.42 Å². The van der Waals surface area contributed by atoms with E-state index in [1.807, 2.05) is 0 Å². The van der Waals surface area contributed by atoms with E-state index in [-0.39, 0.29) is 0 Å². The van der Waals surface area contributed by atoms with Crippen molar-refractivity contribution in [1.82, 2.24) is 10.2 Å². The predicted molar refractivity (Wildman–Crippen MR) is 51.5 cm³/mol. The molecule has 2 rings (SSSR count). The van der Waals surface area contributed by atoms with Gasteiger partial charge in [-0.3, -0.25) is 4.90 Å². The topological polar surface area (TPSA) is 49.4 Å². The minimum absolute atomic E-state index is 0.310. The van der Waals surface area contributed by atoms with Crippen molar-refractivity contribution in [3.05, 3.63) is 0 Å². The van der Waals surface area contributed by atoms with Crippen molar-refractivity contribution in [3.63, 3.8) is 0 Å². The largest absolute Gasteiger partial charge is 0.315 e. The van der Waals surface area contributed by atoms with Gasteiger partial charge in [0.15, 0.2) is 9.84 Å². The molecule has 0 aromatic heterocycles. The van der Waals surface area contributed by atoms with Gasteiger partial charge in [-0.15, -0.1) is 0 Å². The second kappa shape index (κ2) is 3.55. The molecule has 0 amide bonds. The lowest BCUT2D eigenvalue weighted by Gasteiger charge is -2.36. The highest BCUT2D eigenvalue weighted by Gasteiger charge is 2.37. The fourth-order valence-electron chi connectivity index (χ4n) is 1.98. The van der Waals surface area contributed by atoms with Crippen LogP contribution in [0.3, 0.4) is 0 Å². The summed E-state index contributed by atoms with van der Waals surface area (Å²) in [6, 6.07) is 0.310. The summed E-state index contributed by atoms with van der Waals surface area (Å²) in [5, 5.41) is 3.31. The first-order chi connectivity index (χ1) is 6.17. The van der Waals surface area contributed by atoms with Gasteiger partial charge in [-0.25, -0.2) is 8.42 Å². The van der Waals surface area contributed by atoms with Crippen LogP contribution in [0.25, 0.3) is 0 Å². The molecule has 0 radical (unpaired) electrons. The van der Waals surface area contributed by atoms with Crippen molar-refractivity contribution in [2.24, 2.45) is 0 Å². The van der Waals surface area contributed by atoms with Crippen molar-refractivity contribution in [2.75, 3.05) is 37.7 Å². The lowest BCUT2D eigenvalue weighted by Crippen LogP contribution is -2.54. The normalized spacial score (nSPS) is 30.8. The third kappa shape index (κ3) is 2.21. The Kier molecular flexibility index (Phi) is 2.58. The van der Waals surface area contributed by atoms with E-state index in [4.69, 9.17) is 0 Å². The molecule has 2 aliphatic rings. The van der Waals surface area contributed by atoms with Crippen molar-refractivity contribution in [1.29, 1.82) is 0 Å². The molecule has 0 aliphatic carbocycles. The van der Waals surface area contributed by atoms with E-state index in [9.17, 15) is 8.42 Å². The molecule has 0 unspecified atom stereocenters. The van der Waals surface area contributed by atoms with E-state index < -0.39 is 9.84 Å². The van der Waals surface area contributed by atoms with Crippen LogP contribution in [0, 0.1) is 0 Å². The number of sulfone groups is 1. The van der Waals surface area contributed by atoms with E-state index in [0.717, 1.165) is 32.6 Å². The molecule has 0 aromatic rings. The number of rotatable bonds is 1. The molecule has 76 valence electrons. The molecule has 0 saturated carbocycles. The molecule has 0 aromatic carbocycles. The van der Waals surface area contributed by atoms with Gasteiger partial charge >= 0.3 is 0 Å². The van der Waals surface area contributed by atoms with Gasteiger partial charge in [0, 0.05) is 19.1 Å². The molecule has 13 heavy (non-hydrogen) atoms. The van der Waals surface area contributed by atoms with Crippen LogP contribution in [-0.4, -0.2) is 57.0 Å². The number of hydrogen-bond donors (Lipinski definition) is 1. The summed E-state index contributed by atoms with van der Waals surface area (Å²) in [5.41, 5.74) is 0. The summed E-state index contributed by atoms with van der Waals surface area (Å²) in [6.07, 6.45) is 1.14. The van der Waals surface area contributed by atoms with E-state index >= 15 is 0 Å². The zero-order valence-corrected chi connectivity index (χ0v) is 8.52. The van der Waals surface area contributed by atoms with Gasteiger partial charge in [-0.2, -0.15) is 0 Å². The quantitative estimate of drug-likeness (QED) is 0.600. The van der Waals surface area contributed by atoms with Gasteiger partial charge < -0.3 is 5.32 Å². The third-order valence-electron chi connectivity index (χ3n) is 2.78. The molecule has 0 atom stereocenters. The SMILES string of the molecule is O=S1(=O)CC(N2CCCNCC2)C1. The first-order valence-electron chi connectivity index (χ1n) is 4.82. The highest BCUT2D eigenvalue weighted by molar-refractivity contribution is 7.92. The van der Waals surface area contributed by atoms with Crippen LogP contribution in [0.4, 0.5) is 0 Å². The summed E-state index contributed by atoms with van der Waals surface area (Å²) >= 11 is 0. The smallest absolute Gasteiger partial charge is 0.153 e. The fourth-order valence-corrected chi connectivity index (χ4v) is 3.48. The van der Waals surface area contributed by atoms with E-state index in [1.54, 1.807) is 0 Å². The van der Waals surface area contributed by atoms with Crippen LogP contribution in [0.1, 0.15) is 6.42 Å². The molecule has 2 aliphatic heterocycles. The monoisotopic (exact) mass is 204 g/mol. The first kappa shape index (κ1) is 9.43.